The lowest BCUT2D eigenvalue weighted by molar-refractivity contribution is -0.122. The van der Waals surface area contributed by atoms with Crippen molar-refractivity contribution < 1.29 is 9.90 Å². The summed E-state index contributed by atoms with van der Waals surface area (Å²) < 4.78 is 0. The molecule has 0 aliphatic rings. The molecule has 0 radical (unpaired) electrons. The highest BCUT2D eigenvalue weighted by Gasteiger charge is 2.14. The fraction of sp³-hybridized carbons (Fsp3) is 0.889. The van der Waals surface area contributed by atoms with Crippen LogP contribution in [0.3, 0.4) is 0 Å². The Morgan fingerprint density at radius 1 is 1.62 bits per heavy atom. The Morgan fingerprint density at radius 3 is 2.54 bits per heavy atom. The van der Waals surface area contributed by atoms with Gasteiger partial charge < -0.3 is 16.2 Å². The predicted octanol–water partition coefficient (Wildman–Crippen LogP) is -0.142. The van der Waals surface area contributed by atoms with Gasteiger partial charge in [0, 0.05) is 13.0 Å². The van der Waals surface area contributed by atoms with Gasteiger partial charge in [0.1, 0.15) is 0 Å². The van der Waals surface area contributed by atoms with Crippen LogP contribution in [0.4, 0.5) is 0 Å². The van der Waals surface area contributed by atoms with E-state index in [9.17, 15) is 9.90 Å². The standard InChI is InChI=1S/C9H20N2O2/c1-7(5-10)4-8(12)11-6-9(2,3)13/h7,13H,4-6,10H2,1-3H3,(H,11,12). The zero-order chi connectivity index (χ0) is 10.5. The molecule has 0 rings (SSSR count). The van der Waals surface area contributed by atoms with Crippen molar-refractivity contribution in [3.05, 3.63) is 0 Å². The first kappa shape index (κ1) is 12.4. The highest BCUT2D eigenvalue weighted by atomic mass is 16.3. The second-order valence-electron chi connectivity index (χ2n) is 4.13. The number of hydrogen-bond donors (Lipinski definition) is 3. The minimum absolute atomic E-state index is 0.0555. The molecule has 4 heteroatoms. The lowest BCUT2D eigenvalue weighted by Gasteiger charge is -2.18. The molecule has 0 aromatic rings. The third-order valence-corrected chi connectivity index (χ3v) is 1.65. The lowest BCUT2D eigenvalue weighted by atomic mass is 10.1. The van der Waals surface area contributed by atoms with Gasteiger partial charge >= 0.3 is 0 Å². The first-order chi connectivity index (χ1) is 5.85. The molecule has 0 aromatic heterocycles. The van der Waals surface area contributed by atoms with E-state index in [1.165, 1.54) is 0 Å². The van der Waals surface area contributed by atoms with E-state index in [-0.39, 0.29) is 18.4 Å². The number of rotatable bonds is 5. The average Bonchev–Trinajstić information content (AvgIpc) is 1.99. The van der Waals surface area contributed by atoms with Gasteiger partial charge in [0.2, 0.25) is 5.91 Å². The smallest absolute Gasteiger partial charge is 0.220 e. The highest BCUT2D eigenvalue weighted by molar-refractivity contribution is 5.76. The topological polar surface area (TPSA) is 75.4 Å². The third-order valence-electron chi connectivity index (χ3n) is 1.65. The molecule has 4 nitrogen and oxygen atoms in total. The van der Waals surface area contributed by atoms with Crippen molar-refractivity contribution >= 4 is 5.91 Å². The number of nitrogens with one attached hydrogen (secondary N) is 1. The highest BCUT2D eigenvalue weighted by Crippen LogP contribution is 2.00. The fourth-order valence-electron chi connectivity index (χ4n) is 0.787. The van der Waals surface area contributed by atoms with Crippen molar-refractivity contribution in [3.8, 4) is 0 Å². The van der Waals surface area contributed by atoms with Gasteiger partial charge in [-0.3, -0.25) is 4.79 Å². The number of carbonyl (C=O) groups is 1. The molecule has 78 valence electrons. The SMILES string of the molecule is CC(CN)CC(=O)NCC(C)(C)O. The van der Waals surface area contributed by atoms with E-state index in [0.717, 1.165) is 0 Å². The van der Waals surface area contributed by atoms with Crippen molar-refractivity contribution in [1.29, 1.82) is 0 Å². The molecule has 13 heavy (non-hydrogen) atoms. The van der Waals surface area contributed by atoms with Gasteiger partial charge in [-0.2, -0.15) is 0 Å². The average molecular weight is 188 g/mol. The molecule has 0 aliphatic carbocycles. The number of aliphatic hydroxyl groups is 1. The van der Waals surface area contributed by atoms with Crippen molar-refractivity contribution in [1.82, 2.24) is 5.32 Å². The summed E-state index contributed by atoms with van der Waals surface area (Å²) in [6.45, 7) is 6.02. The summed E-state index contributed by atoms with van der Waals surface area (Å²) in [4.78, 5) is 11.2. The Kier molecular flexibility index (Phi) is 4.95. The minimum Gasteiger partial charge on any atom is -0.389 e. The maximum atomic E-state index is 11.2. The van der Waals surface area contributed by atoms with Crippen LogP contribution in [0.25, 0.3) is 0 Å². The van der Waals surface area contributed by atoms with Crippen LogP contribution in [0, 0.1) is 5.92 Å². The Bertz CT molecular complexity index is 163. The van der Waals surface area contributed by atoms with Gasteiger partial charge in [0.25, 0.3) is 0 Å². The zero-order valence-corrected chi connectivity index (χ0v) is 8.63. The van der Waals surface area contributed by atoms with Gasteiger partial charge in [0.15, 0.2) is 0 Å². The molecule has 0 saturated heterocycles. The first-order valence-electron chi connectivity index (χ1n) is 4.54. The fourth-order valence-corrected chi connectivity index (χ4v) is 0.787. The van der Waals surface area contributed by atoms with Gasteiger partial charge in [-0.1, -0.05) is 6.92 Å². The molecule has 0 heterocycles. The molecule has 0 bridgehead atoms. The zero-order valence-electron chi connectivity index (χ0n) is 8.63. The van der Waals surface area contributed by atoms with Crippen molar-refractivity contribution in [2.45, 2.75) is 32.8 Å². The first-order valence-corrected chi connectivity index (χ1v) is 4.54. The minimum atomic E-state index is -0.846. The summed E-state index contributed by atoms with van der Waals surface area (Å²) >= 11 is 0. The van der Waals surface area contributed by atoms with E-state index < -0.39 is 5.60 Å². The van der Waals surface area contributed by atoms with Crippen molar-refractivity contribution in [3.63, 3.8) is 0 Å². The van der Waals surface area contributed by atoms with E-state index in [0.29, 0.717) is 13.0 Å². The quantitative estimate of drug-likeness (QED) is 0.562. The van der Waals surface area contributed by atoms with Crippen LogP contribution in [0.5, 0.6) is 0 Å². The number of nitrogens with two attached hydrogens (primary N) is 1. The molecule has 0 aliphatic heterocycles. The Hall–Kier alpha value is -0.610. The van der Waals surface area contributed by atoms with Crippen LogP contribution in [0.15, 0.2) is 0 Å². The molecule has 0 saturated carbocycles. The molecule has 0 spiro atoms. The predicted molar refractivity (Wildman–Crippen MR) is 52.1 cm³/mol. The van der Waals surface area contributed by atoms with E-state index in [4.69, 9.17) is 5.73 Å². The number of carbonyl (C=O) groups excluding carboxylic acids is 1. The van der Waals surface area contributed by atoms with Crippen molar-refractivity contribution in [2.24, 2.45) is 11.7 Å². The van der Waals surface area contributed by atoms with Gasteiger partial charge in [-0.15, -0.1) is 0 Å². The summed E-state index contributed by atoms with van der Waals surface area (Å²) in [5.41, 5.74) is 4.53. The second-order valence-corrected chi connectivity index (χ2v) is 4.13. The molecule has 1 atom stereocenters. The van der Waals surface area contributed by atoms with Crippen LogP contribution in [-0.4, -0.2) is 29.7 Å². The van der Waals surface area contributed by atoms with Crippen LogP contribution in [-0.2, 0) is 4.79 Å². The second kappa shape index (κ2) is 5.19. The van der Waals surface area contributed by atoms with Gasteiger partial charge in [0.05, 0.1) is 5.60 Å². The summed E-state index contributed by atoms with van der Waals surface area (Å²) in [5, 5.41) is 12.0. The van der Waals surface area contributed by atoms with Gasteiger partial charge in [-0.05, 0) is 26.3 Å². The molecule has 1 amide bonds. The van der Waals surface area contributed by atoms with E-state index >= 15 is 0 Å². The lowest BCUT2D eigenvalue weighted by Crippen LogP contribution is -2.39. The van der Waals surface area contributed by atoms with Crippen LogP contribution in [0.2, 0.25) is 0 Å². The summed E-state index contributed by atoms with van der Waals surface area (Å²) in [6, 6.07) is 0. The van der Waals surface area contributed by atoms with E-state index in [1.807, 2.05) is 6.92 Å². The van der Waals surface area contributed by atoms with Crippen LogP contribution in [0.1, 0.15) is 27.2 Å². The summed E-state index contributed by atoms with van der Waals surface area (Å²) in [5.74, 6) is 0.141. The molecular formula is C9H20N2O2. The van der Waals surface area contributed by atoms with Crippen molar-refractivity contribution in [2.75, 3.05) is 13.1 Å². The normalized spacial score (nSPS) is 13.9. The molecule has 0 fully saturated rings. The summed E-state index contributed by atoms with van der Waals surface area (Å²) in [6.07, 6.45) is 0.423. The van der Waals surface area contributed by atoms with Crippen LogP contribution < -0.4 is 11.1 Å². The molecule has 1 unspecified atom stereocenters. The summed E-state index contributed by atoms with van der Waals surface area (Å²) in [7, 11) is 0. The van der Waals surface area contributed by atoms with E-state index in [1.54, 1.807) is 13.8 Å². The third kappa shape index (κ3) is 7.74. The molecular weight excluding hydrogens is 168 g/mol. The monoisotopic (exact) mass is 188 g/mol. The molecule has 4 N–H and O–H groups in total. The largest absolute Gasteiger partial charge is 0.389 e. The Morgan fingerprint density at radius 2 is 2.15 bits per heavy atom. The van der Waals surface area contributed by atoms with Crippen LogP contribution >= 0.6 is 0 Å². The Balaban J connectivity index is 3.64. The Labute approximate surface area is 79.5 Å². The number of hydrogen-bond acceptors (Lipinski definition) is 3. The van der Waals surface area contributed by atoms with Gasteiger partial charge in [-0.25, -0.2) is 0 Å². The maximum Gasteiger partial charge on any atom is 0.220 e. The maximum absolute atomic E-state index is 11.2. The molecule has 0 aromatic carbocycles. The number of amides is 1. The van der Waals surface area contributed by atoms with E-state index in [2.05, 4.69) is 5.32 Å².